The molecule has 0 aliphatic rings. The van der Waals surface area contributed by atoms with Crippen molar-refractivity contribution in [1.82, 2.24) is 0 Å². The van der Waals surface area contributed by atoms with Crippen LogP contribution in [-0.2, 0) is 20.7 Å². The van der Waals surface area contributed by atoms with E-state index in [1.165, 1.54) is 0 Å². The van der Waals surface area contributed by atoms with Gasteiger partial charge in [-0.3, -0.25) is 10.6 Å². The molecule has 0 aliphatic carbocycles. The van der Waals surface area contributed by atoms with Crippen molar-refractivity contribution in [3.05, 3.63) is 129 Å². The van der Waals surface area contributed by atoms with Crippen LogP contribution in [0.1, 0.15) is 63.5 Å². The van der Waals surface area contributed by atoms with Crippen LogP contribution in [-0.4, -0.2) is 23.9 Å². The molecule has 0 heterocycles. The smallest absolute Gasteiger partial charge is 0.412 e. The summed E-state index contributed by atoms with van der Waals surface area (Å²) >= 11 is 18.3. The van der Waals surface area contributed by atoms with Crippen LogP contribution in [0.4, 0.5) is 21.0 Å². The van der Waals surface area contributed by atoms with E-state index in [9.17, 15) is 9.59 Å². The van der Waals surface area contributed by atoms with Crippen molar-refractivity contribution in [1.29, 1.82) is 0 Å². The van der Waals surface area contributed by atoms with Gasteiger partial charge in [0.2, 0.25) is 0 Å². The second-order valence-electron chi connectivity index (χ2n) is 11.5. The zero-order chi connectivity index (χ0) is 34.8. The second-order valence-corrected chi connectivity index (χ2v) is 14.1. The molecule has 48 heavy (non-hydrogen) atoms. The molecular weight excluding hydrogens is 779 g/mol. The quantitative estimate of drug-likeness (QED) is 0.0981. The topological polar surface area (TPSA) is 76.7 Å². The fourth-order valence-electron chi connectivity index (χ4n) is 4.97. The highest BCUT2D eigenvalue weighted by atomic mass is 79.9. The van der Waals surface area contributed by atoms with Gasteiger partial charge in [-0.05, 0) is 112 Å². The standard InChI is InChI=1S/2C19H21BrClNO2/c2*1-19(13-5-6-14-21,15-7-3-2-4-8-15)24-18(23)22-17-11-9-16(20)10-12-17/h2*2-4,7-12H,5-6,13-14H2,1H3,(H,22,23)/t2*19-/m11/s1. The predicted molar refractivity (Wildman–Crippen MR) is 205 cm³/mol. The summed E-state index contributed by atoms with van der Waals surface area (Å²) in [6, 6.07) is 34.4. The van der Waals surface area contributed by atoms with Crippen molar-refractivity contribution in [3.8, 4) is 0 Å². The minimum Gasteiger partial charge on any atom is -0.438 e. The highest BCUT2D eigenvalue weighted by Gasteiger charge is 2.31. The number of anilines is 2. The van der Waals surface area contributed by atoms with Gasteiger partial charge in [0, 0.05) is 32.1 Å². The molecule has 0 unspecified atom stereocenters. The van der Waals surface area contributed by atoms with E-state index in [-0.39, 0.29) is 0 Å². The van der Waals surface area contributed by atoms with Crippen molar-refractivity contribution in [2.24, 2.45) is 0 Å². The number of benzene rings is 4. The van der Waals surface area contributed by atoms with Gasteiger partial charge in [-0.25, -0.2) is 9.59 Å². The maximum atomic E-state index is 12.3. The molecular formula is C38H42Br2Cl2N2O4. The van der Waals surface area contributed by atoms with Crippen molar-refractivity contribution in [3.63, 3.8) is 0 Å². The van der Waals surface area contributed by atoms with Crippen LogP contribution in [0.3, 0.4) is 0 Å². The summed E-state index contributed by atoms with van der Waals surface area (Å²) in [5, 5.41) is 5.55. The Bertz CT molecular complexity index is 1410. The fourth-order valence-corrected chi connectivity index (χ4v) is 5.87. The number of rotatable bonds is 14. The van der Waals surface area contributed by atoms with E-state index in [1.54, 1.807) is 0 Å². The Morgan fingerprint density at radius 3 is 1.21 bits per heavy atom. The first-order chi connectivity index (χ1) is 23.1. The number of halogens is 4. The summed E-state index contributed by atoms with van der Waals surface area (Å²) in [6.45, 7) is 3.88. The third-order valence-corrected chi connectivity index (χ3v) is 9.25. The first kappa shape index (κ1) is 39.4. The van der Waals surface area contributed by atoms with Gasteiger partial charge in [-0.1, -0.05) is 92.5 Å². The Morgan fingerprint density at radius 2 is 0.896 bits per heavy atom. The molecule has 0 saturated carbocycles. The average molecular weight is 821 g/mol. The zero-order valence-corrected chi connectivity index (χ0v) is 31.9. The molecule has 2 atom stereocenters. The molecule has 10 heteroatoms. The molecule has 2 amide bonds. The van der Waals surface area contributed by atoms with E-state index >= 15 is 0 Å². The Labute approximate surface area is 311 Å². The van der Waals surface area contributed by atoms with Gasteiger partial charge in [-0.2, -0.15) is 0 Å². The number of unbranched alkanes of at least 4 members (excludes halogenated alkanes) is 2. The zero-order valence-electron chi connectivity index (χ0n) is 27.2. The first-order valence-corrected chi connectivity index (χ1v) is 18.5. The van der Waals surface area contributed by atoms with Gasteiger partial charge in [0.25, 0.3) is 0 Å². The SMILES string of the molecule is C[C@](CCCCCl)(OC(=O)Nc1ccc(Br)cc1)c1ccccc1.C[C@](CCCCCl)(OC(=O)Nc1ccc(Br)cc1)c1ccccc1. The van der Waals surface area contributed by atoms with Gasteiger partial charge in [0.05, 0.1) is 0 Å². The molecule has 0 fully saturated rings. The van der Waals surface area contributed by atoms with Crippen molar-refractivity contribution in [2.45, 2.75) is 63.6 Å². The van der Waals surface area contributed by atoms with E-state index in [2.05, 4.69) is 42.5 Å². The molecule has 0 aromatic heterocycles. The molecule has 4 aromatic rings. The van der Waals surface area contributed by atoms with Crippen LogP contribution in [0.2, 0.25) is 0 Å². The van der Waals surface area contributed by atoms with E-state index in [4.69, 9.17) is 32.7 Å². The number of alkyl halides is 2. The third-order valence-electron chi connectivity index (χ3n) is 7.66. The number of amides is 2. The van der Waals surface area contributed by atoms with E-state index in [1.807, 2.05) is 123 Å². The molecule has 6 nitrogen and oxygen atoms in total. The second kappa shape index (κ2) is 20.5. The lowest BCUT2D eigenvalue weighted by Gasteiger charge is -2.30. The lowest BCUT2D eigenvalue weighted by Crippen LogP contribution is -2.31. The summed E-state index contributed by atoms with van der Waals surface area (Å²) < 4.78 is 13.5. The lowest BCUT2D eigenvalue weighted by atomic mass is 9.90. The van der Waals surface area contributed by atoms with E-state index < -0.39 is 23.4 Å². The van der Waals surface area contributed by atoms with Crippen LogP contribution >= 0.6 is 55.1 Å². The number of carbonyl (C=O) groups excluding carboxylic acids is 2. The summed E-state index contributed by atoms with van der Waals surface area (Å²) in [5.41, 5.74) is 1.97. The third kappa shape index (κ3) is 13.5. The minimum absolute atomic E-state index is 0.463. The summed E-state index contributed by atoms with van der Waals surface area (Å²) in [6.07, 6.45) is 4.07. The molecule has 256 valence electrons. The van der Waals surface area contributed by atoms with Crippen LogP contribution in [0.5, 0.6) is 0 Å². The van der Waals surface area contributed by atoms with Gasteiger partial charge < -0.3 is 9.47 Å². The average Bonchev–Trinajstić information content (AvgIpc) is 3.08. The molecule has 0 radical (unpaired) electrons. The van der Waals surface area contributed by atoms with Crippen LogP contribution in [0, 0.1) is 0 Å². The van der Waals surface area contributed by atoms with Gasteiger partial charge in [0.15, 0.2) is 0 Å². The maximum absolute atomic E-state index is 12.3. The molecule has 0 spiro atoms. The van der Waals surface area contributed by atoms with Crippen molar-refractivity contribution >= 4 is 78.6 Å². The number of carbonyl (C=O) groups is 2. The lowest BCUT2D eigenvalue weighted by molar-refractivity contribution is 0.0217. The molecule has 2 N–H and O–H groups in total. The monoisotopic (exact) mass is 818 g/mol. The first-order valence-electron chi connectivity index (χ1n) is 15.8. The van der Waals surface area contributed by atoms with Crippen molar-refractivity contribution < 1.29 is 19.1 Å². The van der Waals surface area contributed by atoms with E-state index in [0.29, 0.717) is 23.1 Å². The fraction of sp³-hybridized carbons (Fsp3) is 0.316. The number of ether oxygens (including phenoxy) is 2. The van der Waals surface area contributed by atoms with Crippen LogP contribution < -0.4 is 10.6 Å². The Morgan fingerprint density at radius 1 is 0.562 bits per heavy atom. The highest BCUT2D eigenvalue weighted by Crippen LogP contribution is 2.33. The van der Waals surface area contributed by atoms with Gasteiger partial charge in [-0.15, -0.1) is 23.2 Å². The van der Waals surface area contributed by atoms with Gasteiger partial charge in [0.1, 0.15) is 11.2 Å². The highest BCUT2D eigenvalue weighted by molar-refractivity contribution is 9.10. The molecule has 0 bridgehead atoms. The van der Waals surface area contributed by atoms with Gasteiger partial charge >= 0.3 is 12.2 Å². The summed E-state index contributed by atoms with van der Waals surface area (Å²) in [7, 11) is 0. The van der Waals surface area contributed by atoms with Crippen molar-refractivity contribution in [2.75, 3.05) is 22.4 Å². The minimum atomic E-state index is -0.688. The van der Waals surface area contributed by atoms with Crippen LogP contribution in [0.25, 0.3) is 0 Å². The van der Waals surface area contributed by atoms with E-state index in [0.717, 1.165) is 58.6 Å². The number of hydrogen-bond acceptors (Lipinski definition) is 4. The molecule has 0 aliphatic heterocycles. The summed E-state index contributed by atoms with van der Waals surface area (Å²) in [5.74, 6) is 1.21. The normalized spacial score (nSPS) is 13.1. The number of nitrogens with one attached hydrogen (secondary N) is 2. The predicted octanol–water partition coefficient (Wildman–Crippen LogP) is 12.6. The Hall–Kier alpha value is -3.04. The maximum Gasteiger partial charge on any atom is 0.412 e. The summed E-state index contributed by atoms with van der Waals surface area (Å²) in [4.78, 5) is 24.7. The Balaban J connectivity index is 0.000000260. The van der Waals surface area contributed by atoms with Crippen LogP contribution in [0.15, 0.2) is 118 Å². The Kier molecular flexibility index (Phi) is 16.8. The molecule has 0 saturated heterocycles. The largest absolute Gasteiger partial charge is 0.438 e. The molecule has 4 aromatic carbocycles. The molecule has 4 rings (SSSR count). The number of hydrogen-bond donors (Lipinski definition) is 2.